The summed E-state index contributed by atoms with van der Waals surface area (Å²) in [5.74, 6) is 3.66. The molecule has 0 amide bonds. The highest BCUT2D eigenvalue weighted by atomic mass is 16.5. The second kappa shape index (κ2) is 15.1. The summed E-state index contributed by atoms with van der Waals surface area (Å²) in [5.41, 5.74) is 14.9. The second-order valence-corrected chi connectivity index (χ2v) is 18.7. The summed E-state index contributed by atoms with van der Waals surface area (Å²) >= 11 is 0. The third-order valence-corrected chi connectivity index (χ3v) is 12.4. The topological polar surface area (TPSA) is 47.0 Å². The predicted molar refractivity (Wildman–Crippen MR) is 240 cm³/mol. The molecule has 0 unspecified atom stereocenters. The van der Waals surface area contributed by atoms with Crippen LogP contribution in [0.2, 0.25) is 0 Å². The fraction of sp³-hybridized carbons (Fsp3) is 0.423. The van der Waals surface area contributed by atoms with Crippen molar-refractivity contribution in [1.29, 1.82) is 0 Å². The van der Waals surface area contributed by atoms with E-state index in [1.807, 2.05) is 6.20 Å². The Bertz CT molecular complexity index is 2330. The predicted octanol–water partition coefficient (Wildman–Crippen LogP) is 14.2. The summed E-state index contributed by atoms with van der Waals surface area (Å²) in [5, 5.41) is 0. The maximum absolute atomic E-state index is 6.98. The number of aryl methyl sites for hydroxylation is 5. The van der Waals surface area contributed by atoms with Crippen LogP contribution in [-0.2, 0) is 15.6 Å². The van der Waals surface area contributed by atoms with Gasteiger partial charge in [-0.2, -0.15) is 0 Å². The Morgan fingerprint density at radius 3 is 2.07 bits per heavy atom. The Morgan fingerprint density at radius 1 is 0.754 bits per heavy atom. The molecule has 5 nitrogen and oxygen atoms in total. The van der Waals surface area contributed by atoms with Gasteiger partial charge in [-0.15, -0.1) is 0 Å². The summed E-state index contributed by atoms with van der Waals surface area (Å²) in [6, 6.07) is 26.7. The van der Waals surface area contributed by atoms with Crippen LogP contribution in [0.25, 0.3) is 11.1 Å². The summed E-state index contributed by atoms with van der Waals surface area (Å²) in [6.07, 6.45) is 6.51. The summed E-state index contributed by atoms with van der Waals surface area (Å²) in [7, 11) is 0. The number of aliphatic imine (C=N–C) groups is 1. The molecule has 0 bridgehead atoms. The molecule has 4 aromatic carbocycles. The van der Waals surface area contributed by atoms with Gasteiger partial charge < -0.3 is 9.47 Å². The number of hydrogen-bond acceptors (Lipinski definition) is 5. The first-order chi connectivity index (χ1) is 26.9. The molecule has 298 valence electrons. The van der Waals surface area contributed by atoms with Crippen LogP contribution in [0.1, 0.15) is 131 Å². The minimum atomic E-state index is -0.255. The van der Waals surface area contributed by atoms with E-state index < -0.39 is 0 Å². The molecule has 0 fully saturated rings. The first kappa shape index (κ1) is 40.3. The highest BCUT2D eigenvalue weighted by molar-refractivity contribution is 5.97. The monoisotopic (exact) mass is 761 g/mol. The van der Waals surface area contributed by atoms with Crippen LogP contribution in [0, 0.1) is 40.5 Å². The molecule has 3 heterocycles. The van der Waals surface area contributed by atoms with E-state index in [-0.39, 0.29) is 16.4 Å². The quantitative estimate of drug-likeness (QED) is 0.142. The summed E-state index contributed by atoms with van der Waals surface area (Å²) < 4.78 is 13.5. The first-order valence-corrected chi connectivity index (χ1v) is 21.1. The molecule has 0 spiro atoms. The van der Waals surface area contributed by atoms with Gasteiger partial charge in [0.05, 0.1) is 16.9 Å². The fourth-order valence-corrected chi connectivity index (χ4v) is 9.64. The van der Waals surface area contributed by atoms with Crippen molar-refractivity contribution in [2.45, 2.75) is 132 Å². The van der Waals surface area contributed by atoms with Gasteiger partial charge in [0.15, 0.2) is 0 Å². The van der Waals surface area contributed by atoms with Crippen LogP contribution in [0.15, 0.2) is 84.0 Å². The van der Waals surface area contributed by atoms with Gasteiger partial charge in [-0.05, 0) is 153 Å². The van der Waals surface area contributed by atoms with E-state index in [1.165, 1.54) is 44.5 Å². The van der Waals surface area contributed by atoms with E-state index in [0.717, 1.165) is 71.1 Å². The Balaban J connectivity index is 1.36. The van der Waals surface area contributed by atoms with Gasteiger partial charge in [-0.25, -0.2) is 9.98 Å². The van der Waals surface area contributed by atoms with Crippen LogP contribution in [0.3, 0.4) is 0 Å². The zero-order valence-corrected chi connectivity index (χ0v) is 36.8. The lowest BCUT2D eigenvalue weighted by atomic mass is 9.71. The Morgan fingerprint density at radius 2 is 1.40 bits per heavy atom. The van der Waals surface area contributed by atoms with Crippen molar-refractivity contribution in [1.82, 2.24) is 4.98 Å². The van der Waals surface area contributed by atoms with Crippen LogP contribution >= 0.6 is 0 Å². The Labute approximate surface area is 342 Å². The van der Waals surface area contributed by atoms with Crippen molar-refractivity contribution in [3.63, 3.8) is 0 Å². The van der Waals surface area contributed by atoms with Crippen LogP contribution in [0.5, 0.6) is 11.5 Å². The van der Waals surface area contributed by atoms with Crippen molar-refractivity contribution in [2.75, 3.05) is 11.5 Å². The molecule has 0 N–H and O–H groups in total. The number of benzene rings is 4. The SMILES string of the molecule is CCCC(CCC)[C@]1(C)COC(c2cc(Oc3cc(C)cc(N4c5ccc(C(C)(C)C)cc5C(C)(C)c5c(C)ccnc54)c3)cc(-c3c(C)cc(C)cc3C)c2)=N1. The molecule has 57 heavy (non-hydrogen) atoms. The molecule has 0 saturated heterocycles. The Kier molecular flexibility index (Phi) is 10.7. The molecular weight excluding hydrogens is 699 g/mol. The zero-order valence-electron chi connectivity index (χ0n) is 36.8. The zero-order chi connectivity index (χ0) is 41.0. The molecule has 7 rings (SSSR count). The third-order valence-electron chi connectivity index (χ3n) is 12.4. The number of rotatable bonds is 10. The molecule has 0 aliphatic carbocycles. The lowest BCUT2D eigenvalue weighted by Gasteiger charge is -2.42. The van der Waals surface area contributed by atoms with Crippen molar-refractivity contribution < 1.29 is 9.47 Å². The minimum absolute atomic E-state index is 0.0219. The molecular formula is C52H63N3O2. The van der Waals surface area contributed by atoms with Crippen LogP contribution in [0.4, 0.5) is 17.2 Å². The van der Waals surface area contributed by atoms with Gasteiger partial charge in [0.2, 0.25) is 5.90 Å². The van der Waals surface area contributed by atoms with Crippen molar-refractivity contribution in [3.8, 4) is 22.6 Å². The molecule has 2 aliphatic heterocycles. The van der Waals surface area contributed by atoms with E-state index >= 15 is 0 Å². The molecule has 0 saturated carbocycles. The third kappa shape index (κ3) is 7.63. The van der Waals surface area contributed by atoms with Gasteiger partial charge in [0, 0.05) is 28.8 Å². The minimum Gasteiger partial charge on any atom is -0.475 e. The van der Waals surface area contributed by atoms with E-state index in [9.17, 15) is 0 Å². The van der Waals surface area contributed by atoms with Crippen LogP contribution in [-0.4, -0.2) is 23.0 Å². The molecule has 1 aromatic heterocycles. The van der Waals surface area contributed by atoms with Crippen molar-refractivity contribution in [3.05, 3.63) is 129 Å². The smallest absolute Gasteiger partial charge is 0.216 e. The molecule has 0 radical (unpaired) electrons. The number of anilines is 3. The van der Waals surface area contributed by atoms with Gasteiger partial charge in [-0.3, -0.25) is 4.90 Å². The first-order valence-electron chi connectivity index (χ1n) is 21.1. The molecule has 5 heteroatoms. The number of nitrogens with zero attached hydrogens (tertiary/aromatic N) is 3. The van der Waals surface area contributed by atoms with Crippen LogP contribution < -0.4 is 9.64 Å². The van der Waals surface area contributed by atoms with Gasteiger partial charge in [0.1, 0.15) is 23.9 Å². The van der Waals surface area contributed by atoms with Gasteiger partial charge >= 0.3 is 0 Å². The van der Waals surface area contributed by atoms with Crippen molar-refractivity contribution in [2.24, 2.45) is 10.9 Å². The highest BCUT2D eigenvalue weighted by Crippen LogP contribution is 2.53. The fourth-order valence-electron chi connectivity index (χ4n) is 9.64. The normalized spacial score (nSPS) is 17.3. The number of pyridine rings is 1. The largest absolute Gasteiger partial charge is 0.475 e. The highest BCUT2D eigenvalue weighted by Gasteiger charge is 2.41. The Hall–Kier alpha value is -4.90. The van der Waals surface area contributed by atoms with Crippen molar-refractivity contribution >= 4 is 23.1 Å². The maximum Gasteiger partial charge on any atom is 0.216 e. The van der Waals surface area contributed by atoms with E-state index in [2.05, 4.69) is 168 Å². The second-order valence-electron chi connectivity index (χ2n) is 18.7. The number of aromatic nitrogens is 1. The number of fused-ring (bicyclic) bond motifs is 2. The molecule has 2 aliphatic rings. The summed E-state index contributed by atoms with van der Waals surface area (Å²) in [4.78, 5) is 12.8. The average molecular weight is 762 g/mol. The maximum atomic E-state index is 6.98. The van der Waals surface area contributed by atoms with E-state index in [4.69, 9.17) is 19.5 Å². The number of hydrogen-bond donors (Lipinski definition) is 0. The lowest BCUT2D eigenvalue weighted by molar-refractivity contribution is 0.188. The van der Waals surface area contributed by atoms with Gasteiger partial charge in [-0.1, -0.05) is 91.1 Å². The lowest BCUT2D eigenvalue weighted by Crippen LogP contribution is -2.34. The number of ether oxygens (including phenoxy) is 2. The van der Waals surface area contributed by atoms with E-state index in [0.29, 0.717) is 18.4 Å². The van der Waals surface area contributed by atoms with E-state index in [1.54, 1.807) is 0 Å². The molecule has 5 aromatic rings. The summed E-state index contributed by atoms with van der Waals surface area (Å²) in [6.45, 7) is 29.9. The molecule has 1 atom stereocenters. The average Bonchev–Trinajstić information content (AvgIpc) is 3.53. The standard InChI is InChI=1S/C52H63N3O2/c1-14-16-39(17-15-2)52(13)31-56-49(54-52)38-26-37(46-35(6)22-32(3)23-36(46)7)27-43(28-38)57-42-25-33(4)24-41(30-42)55-45-19-18-40(50(8,9)10)29-44(45)51(11,12)47-34(5)20-21-53-48(47)55/h18-30,39H,14-17,31H2,1-13H3/t52-/m0/s1. The van der Waals surface area contributed by atoms with Gasteiger partial charge in [0.25, 0.3) is 0 Å².